The normalized spacial score (nSPS) is 10.9. The average Bonchev–Trinajstić information content (AvgIpc) is 3.47. The predicted molar refractivity (Wildman–Crippen MR) is 125 cm³/mol. The van der Waals surface area contributed by atoms with Crippen LogP contribution in [-0.4, -0.2) is 51.1 Å². The second-order valence-electron chi connectivity index (χ2n) is 7.27. The van der Waals surface area contributed by atoms with Crippen LogP contribution in [-0.2, 0) is 9.47 Å². The summed E-state index contributed by atoms with van der Waals surface area (Å²) < 4.78 is 15.1. The fourth-order valence-corrected chi connectivity index (χ4v) is 4.13. The summed E-state index contributed by atoms with van der Waals surface area (Å²) in [4.78, 5) is 60.1. The first-order valence-corrected chi connectivity index (χ1v) is 12.2. The molecule has 0 saturated carbocycles. The van der Waals surface area contributed by atoms with Gasteiger partial charge in [0, 0.05) is 16.1 Å². The van der Waals surface area contributed by atoms with Crippen LogP contribution in [0.25, 0.3) is 0 Å². The topological polar surface area (TPSA) is 159 Å². The highest BCUT2D eigenvalue weighted by molar-refractivity contribution is 7.14. The van der Waals surface area contributed by atoms with Gasteiger partial charge >= 0.3 is 18.0 Å². The van der Waals surface area contributed by atoms with E-state index in [0.29, 0.717) is 0 Å². The van der Waals surface area contributed by atoms with Crippen LogP contribution in [0.5, 0.6) is 5.19 Å². The predicted octanol–water partition coefficient (Wildman–Crippen LogP) is 4.05. The Kier molecular flexibility index (Phi) is 7.90. The van der Waals surface area contributed by atoms with Gasteiger partial charge in [0.15, 0.2) is 21.7 Å². The van der Waals surface area contributed by atoms with Gasteiger partial charge in [0.25, 0.3) is 11.1 Å². The summed E-state index contributed by atoms with van der Waals surface area (Å²) in [5.41, 5.74) is -0.651. The summed E-state index contributed by atoms with van der Waals surface area (Å²) in [6.07, 6.45) is -0.688. The number of amides is 2. The van der Waals surface area contributed by atoms with Crippen LogP contribution in [0.2, 0.25) is 0 Å². The highest BCUT2D eigenvalue weighted by Crippen LogP contribution is 2.23. The van der Waals surface area contributed by atoms with Gasteiger partial charge < -0.3 is 14.2 Å². The Hall–Kier alpha value is -3.43. The summed E-state index contributed by atoms with van der Waals surface area (Å²) in [5.74, 6) is -2.01. The molecule has 0 radical (unpaired) electrons. The zero-order valence-electron chi connectivity index (χ0n) is 18.4. The Labute approximate surface area is 205 Å². The number of hydrogen-bond acceptors (Lipinski definition) is 13. The van der Waals surface area contributed by atoms with E-state index in [1.54, 1.807) is 27.7 Å². The molecule has 3 heterocycles. The van der Waals surface area contributed by atoms with Gasteiger partial charge in [-0.1, -0.05) is 11.3 Å². The van der Waals surface area contributed by atoms with Crippen molar-refractivity contribution in [3.05, 3.63) is 33.2 Å². The van der Waals surface area contributed by atoms with Gasteiger partial charge in [-0.15, -0.1) is 22.7 Å². The highest BCUT2D eigenvalue weighted by Gasteiger charge is 2.21. The molecule has 15 heteroatoms. The van der Waals surface area contributed by atoms with E-state index in [1.165, 1.54) is 16.1 Å². The second kappa shape index (κ2) is 10.7. The van der Waals surface area contributed by atoms with Gasteiger partial charge in [0.1, 0.15) is 11.3 Å². The maximum atomic E-state index is 12.4. The van der Waals surface area contributed by atoms with Gasteiger partial charge in [-0.25, -0.2) is 24.4 Å². The molecule has 3 aromatic rings. The number of carbonyl (C=O) groups is 4. The molecule has 0 fully saturated rings. The lowest BCUT2D eigenvalue weighted by Crippen LogP contribution is -2.27. The fraction of sp³-hybridized carbons (Fsp3) is 0.316. The maximum Gasteiger partial charge on any atom is 0.413 e. The van der Waals surface area contributed by atoms with Gasteiger partial charge in [-0.3, -0.25) is 15.4 Å². The van der Waals surface area contributed by atoms with Crippen molar-refractivity contribution in [2.45, 2.75) is 33.3 Å². The van der Waals surface area contributed by atoms with Gasteiger partial charge in [-0.2, -0.15) is 4.98 Å². The molecule has 0 bridgehead atoms. The standard InChI is InChI=1S/C19H19N5O7S3/c1-5-29-13(26)10-8-34-18(22-10)30-14(27)11-7-33-15(21-11)23-12(25)9-6-32-16(20-9)24-17(28)31-19(2,3)4/h6-8H,5H2,1-4H3,(H,20,24,28)(H,21,23,25). The Bertz CT molecular complexity index is 1210. The first kappa shape index (κ1) is 25.2. The van der Waals surface area contributed by atoms with Crippen LogP contribution in [0, 0.1) is 0 Å². The molecule has 2 amide bonds. The molecular weight excluding hydrogens is 506 g/mol. The molecule has 34 heavy (non-hydrogen) atoms. The second-order valence-corrected chi connectivity index (χ2v) is 9.80. The zero-order chi connectivity index (χ0) is 24.9. The molecule has 180 valence electrons. The molecule has 3 aromatic heterocycles. The lowest BCUT2D eigenvalue weighted by atomic mass is 10.2. The molecule has 0 atom stereocenters. The Morgan fingerprint density at radius 1 is 0.853 bits per heavy atom. The van der Waals surface area contributed by atoms with Crippen LogP contribution >= 0.6 is 34.0 Å². The first-order chi connectivity index (χ1) is 16.0. The minimum atomic E-state index is -0.806. The number of aromatic nitrogens is 3. The quantitative estimate of drug-likeness (QED) is 0.431. The zero-order valence-corrected chi connectivity index (χ0v) is 20.8. The highest BCUT2D eigenvalue weighted by atomic mass is 32.1. The summed E-state index contributed by atoms with van der Waals surface area (Å²) in [7, 11) is 0. The van der Waals surface area contributed by atoms with Gasteiger partial charge in [-0.05, 0) is 27.7 Å². The van der Waals surface area contributed by atoms with E-state index in [2.05, 4.69) is 25.6 Å². The molecule has 0 spiro atoms. The van der Waals surface area contributed by atoms with Crippen molar-refractivity contribution in [2.75, 3.05) is 17.2 Å². The number of nitrogens with zero attached hydrogens (tertiary/aromatic N) is 3. The van der Waals surface area contributed by atoms with Crippen molar-refractivity contribution in [1.29, 1.82) is 0 Å². The number of esters is 2. The molecule has 0 saturated heterocycles. The smallest absolute Gasteiger partial charge is 0.413 e. The van der Waals surface area contributed by atoms with E-state index in [-0.39, 0.29) is 39.1 Å². The SMILES string of the molecule is CCOC(=O)c1csc(OC(=O)c2csc(NC(=O)c3csc(NC(=O)OC(C)(C)C)n3)n2)n1. The number of nitrogens with one attached hydrogen (secondary N) is 2. The van der Waals surface area contributed by atoms with Gasteiger partial charge in [0.05, 0.1) is 6.61 Å². The minimum absolute atomic E-state index is 0.0321. The summed E-state index contributed by atoms with van der Waals surface area (Å²) in [6, 6.07) is 0. The number of thiazole rings is 3. The van der Waals surface area contributed by atoms with Crippen molar-refractivity contribution in [1.82, 2.24) is 15.0 Å². The third kappa shape index (κ3) is 7.03. The van der Waals surface area contributed by atoms with Crippen molar-refractivity contribution >= 4 is 68.2 Å². The molecule has 0 unspecified atom stereocenters. The fourth-order valence-electron chi connectivity index (χ4n) is 2.15. The van der Waals surface area contributed by atoms with Crippen LogP contribution in [0.3, 0.4) is 0 Å². The molecular formula is C19H19N5O7S3. The third-order valence-electron chi connectivity index (χ3n) is 3.43. The molecule has 0 aromatic carbocycles. The average molecular weight is 526 g/mol. The van der Waals surface area contributed by atoms with E-state index in [0.717, 1.165) is 34.0 Å². The van der Waals surface area contributed by atoms with Crippen LogP contribution in [0.15, 0.2) is 16.1 Å². The molecule has 12 nitrogen and oxygen atoms in total. The Morgan fingerprint density at radius 3 is 2.12 bits per heavy atom. The Morgan fingerprint density at radius 2 is 1.44 bits per heavy atom. The summed E-state index contributed by atoms with van der Waals surface area (Å²) in [5, 5.41) is 9.52. The van der Waals surface area contributed by atoms with Crippen LogP contribution < -0.4 is 15.4 Å². The van der Waals surface area contributed by atoms with Crippen LogP contribution in [0.1, 0.15) is 59.2 Å². The number of hydrogen-bond donors (Lipinski definition) is 2. The van der Waals surface area contributed by atoms with E-state index in [1.807, 2.05) is 0 Å². The molecule has 3 rings (SSSR count). The summed E-state index contributed by atoms with van der Waals surface area (Å²) in [6.45, 7) is 7.04. The van der Waals surface area contributed by atoms with E-state index in [4.69, 9.17) is 14.2 Å². The lowest BCUT2D eigenvalue weighted by molar-refractivity contribution is 0.0516. The van der Waals surface area contributed by atoms with Crippen molar-refractivity contribution in [3.8, 4) is 5.19 Å². The lowest BCUT2D eigenvalue weighted by Gasteiger charge is -2.18. The molecule has 0 aliphatic heterocycles. The van der Waals surface area contributed by atoms with Crippen LogP contribution in [0.4, 0.5) is 15.1 Å². The number of rotatable bonds is 7. The summed E-state index contributed by atoms with van der Waals surface area (Å²) >= 11 is 3.01. The van der Waals surface area contributed by atoms with Crippen molar-refractivity contribution < 1.29 is 33.4 Å². The van der Waals surface area contributed by atoms with Crippen molar-refractivity contribution in [2.24, 2.45) is 0 Å². The first-order valence-electron chi connectivity index (χ1n) is 9.61. The molecule has 2 N–H and O–H groups in total. The molecule has 0 aliphatic carbocycles. The molecule has 0 aliphatic rings. The number of ether oxygens (including phenoxy) is 3. The third-order valence-corrected chi connectivity index (χ3v) is 5.66. The maximum absolute atomic E-state index is 12.4. The van der Waals surface area contributed by atoms with E-state index < -0.39 is 29.5 Å². The monoisotopic (exact) mass is 525 g/mol. The van der Waals surface area contributed by atoms with Crippen molar-refractivity contribution in [3.63, 3.8) is 0 Å². The van der Waals surface area contributed by atoms with E-state index >= 15 is 0 Å². The number of carbonyl (C=O) groups excluding carboxylic acids is 4. The number of anilines is 2. The minimum Gasteiger partial charge on any atom is -0.461 e. The largest absolute Gasteiger partial charge is 0.461 e. The Balaban J connectivity index is 1.56. The van der Waals surface area contributed by atoms with Gasteiger partial charge in [0.2, 0.25) is 0 Å². The van der Waals surface area contributed by atoms with E-state index in [9.17, 15) is 19.2 Å².